The first kappa shape index (κ1) is 9.81. The molecule has 1 aromatic heterocycles. The van der Waals surface area contributed by atoms with Crippen molar-refractivity contribution in [3.63, 3.8) is 0 Å². The van der Waals surface area contributed by atoms with E-state index in [1.165, 1.54) is 0 Å². The largest absolute Gasteiger partial charge is 0.250 e. The molecule has 0 unspecified atom stereocenters. The van der Waals surface area contributed by atoms with E-state index in [-0.39, 0.29) is 6.04 Å². The van der Waals surface area contributed by atoms with Crippen molar-refractivity contribution >= 4 is 34.1 Å². The Labute approximate surface area is 92.4 Å². The number of nitrogens with zero attached hydrogens (tertiary/aromatic N) is 2. The Bertz CT molecular complexity index is 474. The molecule has 0 aliphatic heterocycles. The third kappa shape index (κ3) is 1.39. The second-order valence-corrected chi connectivity index (χ2v) is 4.23. The van der Waals surface area contributed by atoms with Gasteiger partial charge in [-0.25, -0.2) is 0 Å². The summed E-state index contributed by atoms with van der Waals surface area (Å²) in [7, 11) is 0. The van der Waals surface area contributed by atoms with Crippen LogP contribution in [0.3, 0.4) is 0 Å². The number of benzene rings is 1. The van der Waals surface area contributed by atoms with E-state index in [4.69, 9.17) is 23.2 Å². The average molecular weight is 229 g/mol. The molecule has 2 aromatic rings. The van der Waals surface area contributed by atoms with Crippen molar-refractivity contribution in [1.29, 1.82) is 0 Å². The lowest BCUT2D eigenvalue weighted by atomic mass is 10.2. The van der Waals surface area contributed by atoms with Gasteiger partial charge in [0.25, 0.3) is 0 Å². The summed E-state index contributed by atoms with van der Waals surface area (Å²) in [6, 6.07) is 5.86. The molecule has 0 saturated heterocycles. The molecule has 14 heavy (non-hydrogen) atoms. The van der Waals surface area contributed by atoms with Crippen molar-refractivity contribution < 1.29 is 0 Å². The molecule has 0 saturated carbocycles. The highest BCUT2D eigenvalue weighted by Gasteiger charge is 2.12. The maximum absolute atomic E-state index is 6.17. The molecule has 0 radical (unpaired) electrons. The van der Waals surface area contributed by atoms with Crippen LogP contribution in [0.5, 0.6) is 0 Å². The number of hydrogen-bond donors (Lipinski definition) is 0. The van der Waals surface area contributed by atoms with Crippen molar-refractivity contribution in [2.75, 3.05) is 0 Å². The summed E-state index contributed by atoms with van der Waals surface area (Å²) in [5.41, 5.74) is 0.771. The Balaban J connectivity index is 2.80. The first-order chi connectivity index (χ1) is 6.61. The van der Waals surface area contributed by atoms with Crippen molar-refractivity contribution in [3.05, 3.63) is 28.4 Å². The van der Waals surface area contributed by atoms with E-state index < -0.39 is 0 Å². The van der Waals surface area contributed by atoms with Gasteiger partial charge in [-0.3, -0.25) is 4.68 Å². The van der Waals surface area contributed by atoms with Crippen LogP contribution >= 0.6 is 23.2 Å². The summed E-state index contributed by atoms with van der Waals surface area (Å²) in [6.07, 6.45) is 0. The van der Waals surface area contributed by atoms with E-state index in [1.54, 1.807) is 4.68 Å². The highest BCUT2D eigenvalue weighted by molar-refractivity contribution is 6.38. The van der Waals surface area contributed by atoms with Gasteiger partial charge in [0.2, 0.25) is 0 Å². The lowest BCUT2D eigenvalue weighted by Crippen LogP contribution is -2.02. The molecule has 4 heteroatoms. The molecular formula is C10H10Cl2N2. The van der Waals surface area contributed by atoms with Gasteiger partial charge in [0.15, 0.2) is 0 Å². The van der Waals surface area contributed by atoms with Gasteiger partial charge in [-0.05, 0) is 26.0 Å². The van der Waals surface area contributed by atoms with Gasteiger partial charge < -0.3 is 0 Å². The normalized spacial score (nSPS) is 11.5. The van der Waals surface area contributed by atoms with Gasteiger partial charge >= 0.3 is 0 Å². The minimum Gasteiger partial charge on any atom is -0.250 e. The zero-order valence-corrected chi connectivity index (χ0v) is 9.47. The Morgan fingerprint density at radius 3 is 2.57 bits per heavy atom. The zero-order valence-electron chi connectivity index (χ0n) is 7.96. The van der Waals surface area contributed by atoms with Crippen LogP contribution in [0.25, 0.3) is 10.9 Å². The van der Waals surface area contributed by atoms with Crippen LogP contribution < -0.4 is 0 Å². The molecule has 2 nitrogen and oxygen atoms in total. The van der Waals surface area contributed by atoms with Crippen LogP contribution in [0.2, 0.25) is 10.2 Å². The monoisotopic (exact) mass is 228 g/mol. The summed E-state index contributed by atoms with van der Waals surface area (Å²) >= 11 is 12.2. The Morgan fingerprint density at radius 2 is 2.00 bits per heavy atom. The fourth-order valence-corrected chi connectivity index (χ4v) is 2.00. The molecule has 0 N–H and O–H groups in total. The lowest BCUT2D eigenvalue weighted by molar-refractivity contribution is 0.538. The van der Waals surface area contributed by atoms with Crippen LogP contribution in [0.1, 0.15) is 19.9 Å². The summed E-state index contributed by atoms with van der Waals surface area (Å²) < 4.78 is 1.78. The lowest BCUT2D eigenvalue weighted by Gasteiger charge is -2.05. The third-order valence-electron chi connectivity index (χ3n) is 2.11. The first-order valence-corrected chi connectivity index (χ1v) is 5.19. The fraction of sp³-hybridized carbons (Fsp3) is 0.300. The highest BCUT2D eigenvalue weighted by Crippen LogP contribution is 2.30. The molecule has 0 fully saturated rings. The standard InChI is InChI=1S/C10H10Cl2N2/c1-6(2)14-10(12)7-4-3-5-8(11)9(7)13-14/h3-6H,1-2H3. The van der Waals surface area contributed by atoms with Crippen LogP contribution in [0.15, 0.2) is 18.2 Å². The fourth-order valence-electron chi connectivity index (χ4n) is 1.40. The predicted octanol–water partition coefficient (Wildman–Crippen LogP) is 3.92. The van der Waals surface area contributed by atoms with Crippen LogP contribution in [0.4, 0.5) is 0 Å². The Hall–Kier alpha value is -0.730. The molecule has 0 aliphatic rings. The number of aromatic nitrogens is 2. The number of fused-ring (bicyclic) bond motifs is 1. The summed E-state index contributed by atoms with van der Waals surface area (Å²) in [6.45, 7) is 4.07. The van der Waals surface area contributed by atoms with Crippen molar-refractivity contribution in [2.45, 2.75) is 19.9 Å². The topological polar surface area (TPSA) is 17.8 Å². The van der Waals surface area contributed by atoms with E-state index in [1.807, 2.05) is 32.0 Å². The van der Waals surface area contributed by atoms with Crippen LogP contribution in [0, 0.1) is 0 Å². The SMILES string of the molecule is CC(C)n1nc2c(Cl)cccc2c1Cl. The van der Waals surface area contributed by atoms with E-state index in [0.717, 1.165) is 10.9 Å². The second-order valence-electron chi connectivity index (χ2n) is 3.47. The van der Waals surface area contributed by atoms with Gasteiger partial charge in [-0.2, -0.15) is 5.10 Å². The maximum atomic E-state index is 6.17. The second kappa shape index (κ2) is 3.44. The third-order valence-corrected chi connectivity index (χ3v) is 2.79. The maximum Gasteiger partial charge on any atom is 0.135 e. The zero-order chi connectivity index (χ0) is 10.3. The summed E-state index contributed by atoms with van der Waals surface area (Å²) in [5, 5.41) is 6.57. The first-order valence-electron chi connectivity index (χ1n) is 4.43. The molecule has 1 heterocycles. The Morgan fingerprint density at radius 1 is 1.29 bits per heavy atom. The van der Waals surface area contributed by atoms with Crippen molar-refractivity contribution in [1.82, 2.24) is 9.78 Å². The van der Waals surface area contributed by atoms with Crippen LogP contribution in [-0.4, -0.2) is 9.78 Å². The molecule has 0 spiro atoms. The Kier molecular flexibility index (Phi) is 2.41. The van der Waals surface area contributed by atoms with Gasteiger partial charge in [0, 0.05) is 11.4 Å². The molecule has 74 valence electrons. The van der Waals surface area contributed by atoms with E-state index in [0.29, 0.717) is 10.2 Å². The highest BCUT2D eigenvalue weighted by atomic mass is 35.5. The van der Waals surface area contributed by atoms with Crippen LogP contribution in [-0.2, 0) is 0 Å². The smallest absolute Gasteiger partial charge is 0.135 e. The number of rotatable bonds is 1. The van der Waals surface area contributed by atoms with Gasteiger partial charge in [0.1, 0.15) is 10.7 Å². The van der Waals surface area contributed by atoms with Gasteiger partial charge in [-0.1, -0.05) is 29.3 Å². The number of hydrogen-bond acceptors (Lipinski definition) is 1. The van der Waals surface area contributed by atoms with Gasteiger partial charge in [-0.15, -0.1) is 0 Å². The summed E-state index contributed by atoms with van der Waals surface area (Å²) in [4.78, 5) is 0. The summed E-state index contributed by atoms with van der Waals surface area (Å²) in [5.74, 6) is 0. The molecule has 1 aromatic carbocycles. The molecule has 0 amide bonds. The molecule has 2 rings (SSSR count). The predicted molar refractivity (Wildman–Crippen MR) is 60.1 cm³/mol. The average Bonchev–Trinajstić information content (AvgIpc) is 2.46. The number of halogens is 2. The van der Waals surface area contributed by atoms with Crippen molar-refractivity contribution in [2.24, 2.45) is 0 Å². The quantitative estimate of drug-likeness (QED) is 0.724. The molecular weight excluding hydrogens is 219 g/mol. The molecule has 0 atom stereocenters. The molecule has 0 bridgehead atoms. The molecule has 0 aliphatic carbocycles. The van der Waals surface area contributed by atoms with Crippen molar-refractivity contribution in [3.8, 4) is 0 Å². The van der Waals surface area contributed by atoms with E-state index in [2.05, 4.69) is 5.10 Å². The van der Waals surface area contributed by atoms with Gasteiger partial charge in [0.05, 0.1) is 5.02 Å². The van der Waals surface area contributed by atoms with E-state index >= 15 is 0 Å². The minimum absolute atomic E-state index is 0.242. The van der Waals surface area contributed by atoms with E-state index in [9.17, 15) is 0 Å². The minimum atomic E-state index is 0.242.